The molecule has 146 valence electrons. The predicted molar refractivity (Wildman–Crippen MR) is 123 cm³/mol. The van der Waals surface area contributed by atoms with E-state index in [0.717, 1.165) is 27.2 Å². The van der Waals surface area contributed by atoms with Crippen LogP contribution in [0.2, 0.25) is 5.02 Å². The Labute approximate surface area is 184 Å². The highest BCUT2D eigenvalue weighted by molar-refractivity contribution is 9.10. The Balaban J connectivity index is 1.34. The molecule has 0 saturated heterocycles. The van der Waals surface area contributed by atoms with Gasteiger partial charge in [0.05, 0.1) is 11.7 Å². The Kier molecular flexibility index (Phi) is 5.11. The zero-order chi connectivity index (χ0) is 19.8. The van der Waals surface area contributed by atoms with Crippen LogP contribution >= 0.6 is 27.5 Å². The first kappa shape index (κ1) is 18.8. The van der Waals surface area contributed by atoms with Gasteiger partial charge in [-0.25, -0.2) is 0 Å². The van der Waals surface area contributed by atoms with Gasteiger partial charge in [0.1, 0.15) is 12.4 Å². The highest BCUT2D eigenvalue weighted by Gasteiger charge is 2.38. The van der Waals surface area contributed by atoms with Crippen LogP contribution in [0.4, 0.5) is 5.69 Å². The molecule has 0 spiro atoms. The largest absolute Gasteiger partial charge is 0.489 e. The van der Waals surface area contributed by atoms with Crippen molar-refractivity contribution in [2.75, 3.05) is 5.32 Å². The molecule has 0 amide bonds. The van der Waals surface area contributed by atoms with Crippen LogP contribution in [-0.4, -0.2) is 0 Å². The molecule has 3 aromatic rings. The molecule has 1 aliphatic heterocycles. The molecule has 2 aliphatic rings. The molecule has 0 saturated carbocycles. The van der Waals surface area contributed by atoms with E-state index >= 15 is 0 Å². The standard InChI is InChI=1S/C25H21BrClNO/c26-23-6-2-5-22-20-3-1-4-21(20)24(28-25(22)23)17-9-13-19(14-10-17)29-15-16-7-11-18(27)12-8-16/h1-3,5-14,20-21,24,28H,4,15H2/t20?,21?,24-/m1/s1. The third-order valence-electron chi connectivity index (χ3n) is 5.90. The normalized spacial score (nSPS) is 21.9. The van der Waals surface area contributed by atoms with Crippen molar-refractivity contribution >= 4 is 33.2 Å². The van der Waals surface area contributed by atoms with E-state index in [-0.39, 0.29) is 6.04 Å². The van der Waals surface area contributed by atoms with Crippen molar-refractivity contribution in [3.05, 3.63) is 105 Å². The number of halogens is 2. The van der Waals surface area contributed by atoms with Gasteiger partial charge in [-0.2, -0.15) is 0 Å². The van der Waals surface area contributed by atoms with E-state index in [4.69, 9.17) is 16.3 Å². The van der Waals surface area contributed by atoms with Crippen molar-refractivity contribution in [2.45, 2.75) is 25.0 Å². The van der Waals surface area contributed by atoms with Gasteiger partial charge in [0.25, 0.3) is 0 Å². The number of rotatable bonds is 4. The van der Waals surface area contributed by atoms with Crippen molar-refractivity contribution in [1.82, 2.24) is 0 Å². The van der Waals surface area contributed by atoms with Gasteiger partial charge in [0.15, 0.2) is 0 Å². The zero-order valence-corrected chi connectivity index (χ0v) is 18.2. The molecule has 1 heterocycles. The molecule has 5 rings (SSSR count). The Hall–Kier alpha value is -2.23. The number of hydrogen-bond donors (Lipinski definition) is 1. The van der Waals surface area contributed by atoms with Gasteiger partial charge in [-0.3, -0.25) is 0 Å². The predicted octanol–water partition coefficient (Wildman–Crippen LogP) is 7.51. The minimum absolute atomic E-state index is 0.284. The van der Waals surface area contributed by atoms with Crippen LogP contribution in [0.25, 0.3) is 0 Å². The molecular weight excluding hydrogens is 446 g/mol. The van der Waals surface area contributed by atoms with Gasteiger partial charge in [-0.1, -0.05) is 60.2 Å². The maximum absolute atomic E-state index is 5.95. The van der Waals surface area contributed by atoms with Crippen LogP contribution in [0.15, 0.2) is 83.4 Å². The minimum Gasteiger partial charge on any atom is -0.489 e. The van der Waals surface area contributed by atoms with Crippen molar-refractivity contribution in [3.8, 4) is 5.75 Å². The molecule has 0 aromatic heterocycles. The number of fused-ring (bicyclic) bond motifs is 3. The van der Waals surface area contributed by atoms with Gasteiger partial charge >= 0.3 is 0 Å². The number of anilines is 1. The quantitative estimate of drug-likeness (QED) is 0.402. The number of nitrogens with one attached hydrogen (secondary N) is 1. The fourth-order valence-electron chi connectivity index (χ4n) is 4.43. The van der Waals surface area contributed by atoms with Crippen LogP contribution in [-0.2, 0) is 6.61 Å². The van der Waals surface area contributed by atoms with Crippen LogP contribution in [0.5, 0.6) is 5.75 Å². The average Bonchev–Trinajstić information content (AvgIpc) is 3.24. The Morgan fingerprint density at radius 1 is 1.00 bits per heavy atom. The first-order chi connectivity index (χ1) is 14.2. The van der Waals surface area contributed by atoms with Crippen LogP contribution in [0, 0.1) is 5.92 Å². The van der Waals surface area contributed by atoms with Gasteiger partial charge in [-0.05, 0) is 75.3 Å². The van der Waals surface area contributed by atoms with Gasteiger partial charge in [0.2, 0.25) is 0 Å². The SMILES string of the molecule is Clc1ccc(COc2ccc([C@H]3Nc4c(Br)cccc4C4C=CCC43)cc2)cc1. The maximum Gasteiger partial charge on any atom is 0.119 e. The summed E-state index contributed by atoms with van der Waals surface area (Å²) in [4.78, 5) is 0. The summed E-state index contributed by atoms with van der Waals surface area (Å²) >= 11 is 9.67. The fraction of sp³-hybridized carbons (Fsp3) is 0.200. The van der Waals surface area contributed by atoms with Gasteiger partial charge < -0.3 is 10.1 Å². The molecule has 3 atom stereocenters. The lowest BCUT2D eigenvalue weighted by atomic mass is 9.77. The fourth-order valence-corrected chi connectivity index (χ4v) is 5.05. The number of benzene rings is 3. The topological polar surface area (TPSA) is 21.3 Å². The van der Waals surface area contributed by atoms with Gasteiger partial charge in [0, 0.05) is 15.4 Å². The Morgan fingerprint density at radius 3 is 2.59 bits per heavy atom. The molecular formula is C25H21BrClNO. The lowest BCUT2D eigenvalue weighted by Gasteiger charge is -2.38. The van der Waals surface area contributed by atoms with E-state index in [1.807, 2.05) is 24.3 Å². The third-order valence-corrected chi connectivity index (χ3v) is 6.82. The van der Waals surface area contributed by atoms with Gasteiger partial charge in [-0.15, -0.1) is 0 Å². The smallest absolute Gasteiger partial charge is 0.119 e. The second-order valence-electron chi connectivity index (χ2n) is 7.66. The zero-order valence-electron chi connectivity index (χ0n) is 15.8. The molecule has 0 bridgehead atoms. The second kappa shape index (κ2) is 7.89. The van der Waals surface area contributed by atoms with E-state index in [9.17, 15) is 0 Å². The monoisotopic (exact) mass is 465 g/mol. The summed E-state index contributed by atoms with van der Waals surface area (Å²) in [5.74, 6) is 1.88. The Morgan fingerprint density at radius 2 is 1.79 bits per heavy atom. The Bertz CT molecular complexity index is 1050. The lowest BCUT2D eigenvalue weighted by Crippen LogP contribution is -2.29. The van der Waals surface area contributed by atoms with E-state index in [1.54, 1.807) is 0 Å². The molecule has 2 unspecified atom stereocenters. The highest BCUT2D eigenvalue weighted by Crippen LogP contribution is 2.51. The third kappa shape index (κ3) is 3.70. The molecule has 0 radical (unpaired) electrons. The van der Waals surface area contributed by atoms with E-state index in [2.05, 4.69) is 75.9 Å². The van der Waals surface area contributed by atoms with Crippen molar-refractivity contribution in [2.24, 2.45) is 5.92 Å². The molecule has 0 fully saturated rings. The maximum atomic E-state index is 5.95. The summed E-state index contributed by atoms with van der Waals surface area (Å²) in [6, 6.07) is 23.0. The number of ether oxygens (including phenoxy) is 1. The summed E-state index contributed by atoms with van der Waals surface area (Å²) in [5.41, 5.74) is 5.00. The van der Waals surface area contributed by atoms with E-state index in [1.165, 1.54) is 16.8 Å². The summed E-state index contributed by atoms with van der Waals surface area (Å²) in [6.45, 7) is 0.535. The van der Waals surface area contributed by atoms with Crippen LogP contribution in [0.1, 0.15) is 35.1 Å². The highest BCUT2D eigenvalue weighted by atomic mass is 79.9. The van der Waals surface area contributed by atoms with Crippen molar-refractivity contribution in [3.63, 3.8) is 0 Å². The molecule has 1 N–H and O–H groups in total. The van der Waals surface area contributed by atoms with Crippen LogP contribution in [0.3, 0.4) is 0 Å². The second-order valence-corrected chi connectivity index (χ2v) is 8.95. The summed E-state index contributed by atoms with van der Waals surface area (Å²) in [7, 11) is 0. The average molecular weight is 467 g/mol. The summed E-state index contributed by atoms with van der Waals surface area (Å²) in [6.07, 6.45) is 5.79. The lowest BCUT2D eigenvalue weighted by molar-refractivity contribution is 0.306. The molecule has 4 heteroatoms. The number of para-hydroxylation sites is 1. The van der Waals surface area contributed by atoms with Crippen molar-refractivity contribution < 1.29 is 4.74 Å². The van der Waals surface area contributed by atoms with Crippen LogP contribution < -0.4 is 10.1 Å². The van der Waals surface area contributed by atoms with E-state index < -0.39 is 0 Å². The molecule has 1 aliphatic carbocycles. The molecule has 29 heavy (non-hydrogen) atoms. The summed E-state index contributed by atoms with van der Waals surface area (Å²) < 4.78 is 7.08. The number of allylic oxidation sites excluding steroid dienone is 2. The molecule has 2 nitrogen and oxygen atoms in total. The first-order valence-corrected chi connectivity index (χ1v) is 11.0. The van der Waals surface area contributed by atoms with Crippen molar-refractivity contribution in [1.29, 1.82) is 0 Å². The molecule has 3 aromatic carbocycles. The van der Waals surface area contributed by atoms with E-state index in [0.29, 0.717) is 18.4 Å². The minimum atomic E-state index is 0.284. The number of hydrogen-bond acceptors (Lipinski definition) is 2. The first-order valence-electron chi connectivity index (χ1n) is 9.88. The summed E-state index contributed by atoms with van der Waals surface area (Å²) in [5, 5.41) is 4.54.